The number of anilines is 1. The lowest BCUT2D eigenvalue weighted by Crippen LogP contribution is -2.14. The molecule has 0 aromatic heterocycles. The quantitative estimate of drug-likeness (QED) is 0.806. The predicted molar refractivity (Wildman–Crippen MR) is 97.3 cm³/mol. The first-order chi connectivity index (χ1) is 11.5. The summed E-state index contributed by atoms with van der Waals surface area (Å²) in [7, 11) is 3.14. The van der Waals surface area contributed by atoms with Crippen LogP contribution in [0.4, 0.5) is 5.69 Å². The van der Waals surface area contributed by atoms with E-state index in [1.165, 1.54) is 0 Å². The second-order valence-electron chi connectivity index (χ2n) is 5.57. The second-order valence-corrected chi connectivity index (χ2v) is 5.57. The van der Waals surface area contributed by atoms with E-state index in [1.807, 2.05) is 38.1 Å². The summed E-state index contributed by atoms with van der Waals surface area (Å²) in [6.07, 6.45) is 2.35. The molecule has 4 heteroatoms. The Labute approximate surface area is 143 Å². The first-order valence-corrected chi connectivity index (χ1v) is 7.75. The molecule has 0 aliphatic rings. The van der Waals surface area contributed by atoms with Crippen molar-refractivity contribution in [1.82, 2.24) is 0 Å². The van der Waals surface area contributed by atoms with Gasteiger partial charge in [-0.1, -0.05) is 18.2 Å². The zero-order valence-corrected chi connectivity index (χ0v) is 14.6. The molecule has 0 unspecified atom stereocenters. The fraction of sp³-hybridized carbons (Fsp3) is 0.250. The number of methoxy groups -OCH3 is 2. The van der Waals surface area contributed by atoms with Crippen molar-refractivity contribution in [2.24, 2.45) is 0 Å². The summed E-state index contributed by atoms with van der Waals surface area (Å²) in [4.78, 5) is 12.7. The number of rotatable bonds is 6. The van der Waals surface area contributed by atoms with Gasteiger partial charge >= 0.3 is 0 Å². The van der Waals surface area contributed by atoms with Crippen LogP contribution in [0.2, 0.25) is 0 Å². The smallest absolute Gasteiger partial charge is 0.255 e. The third-order valence-electron chi connectivity index (χ3n) is 4.04. The van der Waals surface area contributed by atoms with Crippen LogP contribution in [0.1, 0.15) is 27.0 Å². The number of amides is 1. The summed E-state index contributed by atoms with van der Waals surface area (Å²) in [5, 5.41) is 2.96. The lowest BCUT2D eigenvalue weighted by Gasteiger charge is -2.15. The Hall–Kier alpha value is -2.75. The molecule has 1 amide bonds. The summed E-state index contributed by atoms with van der Waals surface area (Å²) in [6, 6.07) is 9.33. The number of benzene rings is 2. The third kappa shape index (κ3) is 3.59. The molecule has 0 saturated carbocycles. The monoisotopic (exact) mass is 325 g/mol. The van der Waals surface area contributed by atoms with E-state index < -0.39 is 0 Å². The SMILES string of the molecule is C=CCc1cc(C(=O)Nc2cccc(C)c2C)cc(OC)c1OC. The molecule has 0 aliphatic carbocycles. The summed E-state index contributed by atoms with van der Waals surface area (Å²) in [6.45, 7) is 7.76. The van der Waals surface area contributed by atoms with Crippen LogP contribution in [-0.2, 0) is 6.42 Å². The Balaban J connectivity index is 2.40. The van der Waals surface area contributed by atoms with E-state index in [2.05, 4.69) is 11.9 Å². The number of nitrogens with one attached hydrogen (secondary N) is 1. The molecule has 0 saturated heterocycles. The van der Waals surface area contributed by atoms with E-state index in [-0.39, 0.29) is 5.91 Å². The number of hydrogen-bond acceptors (Lipinski definition) is 3. The van der Waals surface area contributed by atoms with Crippen molar-refractivity contribution in [2.75, 3.05) is 19.5 Å². The number of hydrogen-bond donors (Lipinski definition) is 1. The van der Waals surface area contributed by atoms with Crippen molar-refractivity contribution in [3.05, 3.63) is 65.2 Å². The highest BCUT2D eigenvalue weighted by Gasteiger charge is 2.16. The number of ether oxygens (including phenoxy) is 2. The fourth-order valence-corrected chi connectivity index (χ4v) is 2.56. The number of carbonyl (C=O) groups is 1. The van der Waals surface area contributed by atoms with Gasteiger partial charge in [0.25, 0.3) is 5.91 Å². The molecule has 2 rings (SSSR count). The summed E-state index contributed by atoms with van der Waals surface area (Å²) in [5.41, 5.74) is 4.37. The average Bonchev–Trinajstić information content (AvgIpc) is 2.58. The molecule has 0 aliphatic heterocycles. The predicted octanol–water partition coefficient (Wildman–Crippen LogP) is 4.30. The highest BCUT2D eigenvalue weighted by molar-refractivity contribution is 6.05. The third-order valence-corrected chi connectivity index (χ3v) is 4.04. The van der Waals surface area contributed by atoms with E-state index >= 15 is 0 Å². The molecule has 0 fully saturated rings. The zero-order valence-electron chi connectivity index (χ0n) is 14.6. The minimum absolute atomic E-state index is 0.185. The highest BCUT2D eigenvalue weighted by atomic mass is 16.5. The second kappa shape index (κ2) is 7.68. The molecular weight excluding hydrogens is 302 g/mol. The van der Waals surface area contributed by atoms with Crippen molar-refractivity contribution in [2.45, 2.75) is 20.3 Å². The lowest BCUT2D eigenvalue weighted by molar-refractivity contribution is 0.102. The van der Waals surface area contributed by atoms with Gasteiger partial charge < -0.3 is 14.8 Å². The van der Waals surface area contributed by atoms with Crippen LogP contribution in [0.15, 0.2) is 43.0 Å². The minimum atomic E-state index is -0.185. The maximum Gasteiger partial charge on any atom is 0.255 e. The number of carbonyl (C=O) groups excluding carboxylic acids is 1. The Bertz CT molecular complexity index is 766. The van der Waals surface area contributed by atoms with E-state index in [0.29, 0.717) is 23.5 Å². The summed E-state index contributed by atoms with van der Waals surface area (Å²) < 4.78 is 10.8. The van der Waals surface area contributed by atoms with Gasteiger partial charge in [0.1, 0.15) is 0 Å². The average molecular weight is 325 g/mol. The largest absolute Gasteiger partial charge is 0.493 e. The molecule has 0 bridgehead atoms. The number of allylic oxidation sites excluding steroid dienone is 1. The zero-order chi connectivity index (χ0) is 17.7. The Morgan fingerprint density at radius 2 is 1.96 bits per heavy atom. The summed E-state index contributed by atoms with van der Waals surface area (Å²) in [5.74, 6) is 0.971. The van der Waals surface area contributed by atoms with Gasteiger partial charge in [0, 0.05) is 16.8 Å². The fourth-order valence-electron chi connectivity index (χ4n) is 2.56. The molecule has 0 atom stereocenters. The molecule has 4 nitrogen and oxygen atoms in total. The molecule has 126 valence electrons. The molecule has 2 aromatic carbocycles. The van der Waals surface area contributed by atoms with E-state index in [0.717, 1.165) is 22.4 Å². The molecule has 24 heavy (non-hydrogen) atoms. The molecule has 0 spiro atoms. The minimum Gasteiger partial charge on any atom is -0.493 e. The van der Waals surface area contributed by atoms with E-state index in [9.17, 15) is 4.79 Å². The van der Waals surface area contributed by atoms with Crippen LogP contribution in [0.5, 0.6) is 11.5 Å². The molecule has 0 radical (unpaired) electrons. The van der Waals surface area contributed by atoms with Gasteiger partial charge in [-0.3, -0.25) is 4.79 Å². The van der Waals surface area contributed by atoms with Crippen LogP contribution in [0.3, 0.4) is 0 Å². The normalized spacial score (nSPS) is 10.2. The van der Waals surface area contributed by atoms with Crippen LogP contribution in [0.25, 0.3) is 0 Å². The van der Waals surface area contributed by atoms with Crippen molar-refractivity contribution in [3.63, 3.8) is 0 Å². The first kappa shape index (κ1) is 17.6. The maximum atomic E-state index is 12.7. The van der Waals surface area contributed by atoms with Crippen LogP contribution < -0.4 is 14.8 Å². The molecule has 0 heterocycles. The van der Waals surface area contributed by atoms with Crippen molar-refractivity contribution in [3.8, 4) is 11.5 Å². The molecule has 2 aromatic rings. The van der Waals surface area contributed by atoms with Crippen LogP contribution in [0, 0.1) is 13.8 Å². The van der Waals surface area contributed by atoms with Gasteiger partial charge in [0.2, 0.25) is 0 Å². The Morgan fingerprint density at radius 3 is 2.58 bits per heavy atom. The molecule has 1 N–H and O–H groups in total. The summed E-state index contributed by atoms with van der Waals surface area (Å²) >= 11 is 0. The van der Waals surface area contributed by atoms with Gasteiger partial charge in [-0.05, 0) is 49.6 Å². The first-order valence-electron chi connectivity index (χ1n) is 7.75. The Morgan fingerprint density at radius 1 is 1.21 bits per heavy atom. The topological polar surface area (TPSA) is 47.6 Å². The van der Waals surface area contributed by atoms with Crippen LogP contribution >= 0.6 is 0 Å². The Kier molecular flexibility index (Phi) is 5.64. The van der Waals surface area contributed by atoms with E-state index in [4.69, 9.17) is 9.47 Å². The lowest BCUT2D eigenvalue weighted by atomic mass is 10.0. The van der Waals surface area contributed by atoms with Gasteiger partial charge in [-0.25, -0.2) is 0 Å². The van der Waals surface area contributed by atoms with Crippen LogP contribution in [-0.4, -0.2) is 20.1 Å². The highest BCUT2D eigenvalue weighted by Crippen LogP contribution is 2.33. The van der Waals surface area contributed by atoms with Crippen molar-refractivity contribution in [1.29, 1.82) is 0 Å². The van der Waals surface area contributed by atoms with E-state index in [1.54, 1.807) is 26.4 Å². The van der Waals surface area contributed by atoms with Gasteiger partial charge in [0.05, 0.1) is 14.2 Å². The molecular formula is C20H23NO3. The van der Waals surface area contributed by atoms with Gasteiger partial charge in [-0.15, -0.1) is 6.58 Å². The standard InChI is InChI=1S/C20H23NO3/c1-6-8-15-11-16(12-18(23-4)19(15)24-5)20(22)21-17-10-7-9-13(2)14(17)3/h6-7,9-12H,1,8H2,2-5H3,(H,21,22). The maximum absolute atomic E-state index is 12.7. The number of aryl methyl sites for hydroxylation is 1. The van der Waals surface area contributed by atoms with Crippen molar-refractivity contribution >= 4 is 11.6 Å². The van der Waals surface area contributed by atoms with Crippen molar-refractivity contribution < 1.29 is 14.3 Å². The van der Waals surface area contributed by atoms with Gasteiger partial charge in [-0.2, -0.15) is 0 Å². The van der Waals surface area contributed by atoms with Gasteiger partial charge in [0.15, 0.2) is 11.5 Å².